The van der Waals surface area contributed by atoms with Crippen molar-refractivity contribution in [1.82, 2.24) is 14.8 Å². The number of fused-ring (bicyclic) bond motifs is 1. The van der Waals surface area contributed by atoms with E-state index < -0.39 is 0 Å². The predicted molar refractivity (Wildman–Crippen MR) is 81.2 cm³/mol. The summed E-state index contributed by atoms with van der Waals surface area (Å²) in [6.45, 7) is 2.80. The van der Waals surface area contributed by atoms with Gasteiger partial charge in [-0.1, -0.05) is 18.2 Å². The summed E-state index contributed by atoms with van der Waals surface area (Å²) in [5.74, 6) is 0.948. The number of carbonyl (C=O) groups excluding carboxylic acids is 1. The van der Waals surface area contributed by atoms with Crippen molar-refractivity contribution in [2.75, 3.05) is 33.8 Å². The van der Waals surface area contributed by atoms with Gasteiger partial charge in [0.15, 0.2) is 0 Å². The number of rotatable bonds is 3. The van der Waals surface area contributed by atoms with E-state index in [9.17, 15) is 4.79 Å². The van der Waals surface area contributed by atoms with Gasteiger partial charge < -0.3 is 9.64 Å². The molecule has 1 saturated heterocycles. The number of carbonyl (C=O) groups is 1. The number of nitrogens with zero attached hydrogens (tertiary/aromatic N) is 3. The van der Waals surface area contributed by atoms with Crippen molar-refractivity contribution in [2.45, 2.75) is 6.54 Å². The van der Waals surface area contributed by atoms with Crippen LogP contribution in [0.25, 0.3) is 10.9 Å². The Balaban J connectivity index is 1.83. The van der Waals surface area contributed by atoms with Gasteiger partial charge in [-0.05, 0) is 12.1 Å². The lowest BCUT2D eigenvalue weighted by molar-refractivity contribution is -0.134. The maximum Gasteiger partial charge on any atom is 0.236 e. The molecule has 0 spiro atoms. The summed E-state index contributed by atoms with van der Waals surface area (Å²) >= 11 is 0. The Kier molecular flexibility index (Phi) is 3.75. The van der Waals surface area contributed by atoms with Gasteiger partial charge in [0.05, 0.1) is 19.3 Å². The third-order valence-corrected chi connectivity index (χ3v) is 3.88. The lowest BCUT2D eigenvalue weighted by Crippen LogP contribution is -2.48. The van der Waals surface area contributed by atoms with E-state index in [4.69, 9.17) is 9.72 Å². The molecule has 2 aromatic rings. The van der Waals surface area contributed by atoms with Crippen LogP contribution in [0, 0.1) is 0 Å². The minimum absolute atomic E-state index is 0.166. The van der Waals surface area contributed by atoms with Crippen LogP contribution >= 0.6 is 0 Å². The molecule has 21 heavy (non-hydrogen) atoms. The van der Waals surface area contributed by atoms with Crippen molar-refractivity contribution in [3.8, 4) is 5.75 Å². The van der Waals surface area contributed by atoms with Crippen LogP contribution in [0.3, 0.4) is 0 Å². The van der Waals surface area contributed by atoms with E-state index in [2.05, 4.69) is 11.0 Å². The van der Waals surface area contributed by atoms with Crippen LogP contribution in [0.1, 0.15) is 5.69 Å². The standard InChI is InChI=1S/C16H19N3O2/c1-18-8-9-19(11-15(18)20)10-13-7-6-12-4-3-5-14(21-2)16(12)17-13/h3-7H,8-11H2,1-2H3. The summed E-state index contributed by atoms with van der Waals surface area (Å²) in [4.78, 5) is 20.3. The zero-order valence-corrected chi connectivity index (χ0v) is 12.4. The first-order chi connectivity index (χ1) is 10.2. The molecule has 0 bridgehead atoms. The van der Waals surface area contributed by atoms with Crippen molar-refractivity contribution in [1.29, 1.82) is 0 Å². The Morgan fingerprint density at radius 3 is 2.86 bits per heavy atom. The first-order valence-electron chi connectivity index (χ1n) is 7.06. The molecular formula is C16H19N3O2. The second kappa shape index (κ2) is 5.69. The van der Waals surface area contributed by atoms with Crippen molar-refractivity contribution >= 4 is 16.8 Å². The van der Waals surface area contributed by atoms with Crippen LogP contribution < -0.4 is 4.74 Å². The van der Waals surface area contributed by atoms with Crippen LogP contribution in [0.4, 0.5) is 0 Å². The largest absolute Gasteiger partial charge is 0.494 e. The highest BCUT2D eigenvalue weighted by molar-refractivity contribution is 5.84. The fourth-order valence-electron chi connectivity index (χ4n) is 2.58. The van der Waals surface area contributed by atoms with Gasteiger partial charge in [0.25, 0.3) is 0 Å². The van der Waals surface area contributed by atoms with Gasteiger partial charge in [0.1, 0.15) is 11.3 Å². The Morgan fingerprint density at radius 1 is 1.24 bits per heavy atom. The van der Waals surface area contributed by atoms with Crippen molar-refractivity contribution < 1.29 is 9.53 Å². The summed E-state index contributed by atoms with van der Waals surface area (Å²) in [6.07, 6.45) is 0. The van der Waals surface area contributed by atoms with E-state index in [1.807, 2.05) is 31.3 Å². The highest BCUT2D eigenvalue weighted by Crippen LogP contribution is 2.24. The molecule has 1 amide bonds. The number of hydrogen-bond donors (Lipinski definition) is 0. The van der Waals surface area contributed by atoms with Crippen molar-refractivity contribution in [3.63, 3.8) is 0 Å². The Bertz CT molecular complexity index is 672. The summed E-state index contributed by atoms with van der Waals surface area (Å²) in [6, 6.07) is 9.97. The minimum Gasteiger partial charge on any atom is -0.494 e. The Labute approximate surface area is 124 Å². The number of amides is 1. The number of piperazine rings is 1. The third-order valence-electron chi connectivity index (χ3n) is 3.88. The van der Waals surface area contributed by atoms with E-state index in [1.165, 1.54) is 0 Å². The van der Waals surface area contributed by atoms with E-state index in [-0.39, 0.29) is 5.91 Å². The Hall–Kier alpha value is -2.14. The van der Waals surface area contributed by atoms with Gasteiger partial charge >= 0.3 is 0 Å². The van der Waals surface area contributed by atoms with Crippen molar-refractivity contribution in [3.05, 3.63) is 36.0 Å². The number of hydrogen-bond acceptors (Lipinski definition) is 4. The molecule has 2 heterocycles. The van der Waals surface area contributed by atoms with Crippen LogP contribution in [-0.2, 0) is 11.3 Å². The molecule has 0 radical (unpaired) electrons. The number of benzene rings is 1. The molecular weight excluding hydrogens is 266 g/mol. The zero-order valence-electron chi connectivity index (χ0n) is 12.4. The molecule has 1 aliphatic rings. The molecule has 1 aromatic heterocycles. The molecule has 0 unspecified atom stereocenters. The minimum atomic E-state index is 0.166. The third kappa shape index (κ3) is 2.83. The monoisotopic (exact) mass is 285 g/mol. The smallest absolute Gasteiger partial charge is 0.236 e. The average Bonchev–Trinajstić information content (AvgIpc) is 2.50. The predicted octanol–water partition coefficient (Wildman–Crippen LogP) is 1.52. The van der Waals surface area contributed by atoms with E-state index >= 15 is 0 Å². The van der Waals surface area contributed by atoms with Crippen LogP contribution in [0.15, 0.2) is 30.3 Å². The first-order valence-corrected chi connectivity index (χ1v) is 7.06. The molecule has 0 atom stereocenters. The molecule has 1 aromatic carbocycles. The molecule has 1 aliphatic heterocycles. The van der Waals surface area contributed by atoms with Crippen LogP contribution in [0.2, 0.25) is 0 Å². The fourth-order valence-corrected chi connectivity index (χ4v) is 2.58. The average molecular weight is 285 g/mol. The molecule has 110 valence electrons. The van der Waals surface area contributed by atoms with Gasteiger partial charge in [-0.3, -0.25) is 9.69 Å². The number of ether oxygens (including phenoxy) is 1. The van der Waals surface area contributed by atoms with Gasteiger partial charge in [0.2, 0.25) is 5.91 Å². The Morgan fingerprint density at radius 2 is 2.10 bits per heavy atom. The lowest BCUT2D eigenvalue weighted by atomic mass is 10.2. The molecule has 5 heteroatoms. The summed E-state index contributed by atoms with van der Waals surface area (Å²) < 4.78 is 5.37. The highest BCUT2D eigenvalue weighted by Gasteiger charge is 2.21. The van der Waals surface area contributed by atoms with E-state index in [1.54, 1.807) is 12.0 Å². The molecule has 3 rings (SSSR count). The molecule has 1 fully saturated rings. The molecule has 5 nitrogen and oxygen atoms in total. The normalized spacial score (nSPS) is 16.5. The number of pyridine rings is 1. The lowest BCUT2D eigenvalue weighted by Gasteiger charge is -2.31. The maximum atomic E-state index is 11.8. The quantitative estimate of drug-likeness (QED) is 0.858. The summed E-state index contributed by atoms with van der Waals surface area (Å²) in [7, 11) is 3.50. The number of aromatic nitrogens is 1. The number of likely N-dealkylation sites (N-methyl/N-ethyl adjacent to an activating group) is 1. The van der Waals surface area contributed by atoms with E-state index in [0.717, 1.165) is 35.4 Å². The van der Waals surface area contributed by atoms with Crippen LogP contribution in [-0.4, -0.2) is 54.5 Å². The second-order valence-electron chi connectivity index (χ2n) is 5.36. The van der Waals surface area contributed by atoms with Gasteiger partial charge in [0, 0.05) is 32.1 Å². The first kappa shape index (κ1) is 13.8. The van der Waals surface area contributed by atoms with Gasteiger partial charge in [-0.15, -0.1) is 0 Å². The van der Waals surface area contributed by atoms with E-state index in [0.29, 0.717) is 13.1 Å². The number of methoxy groups -OCH3 is 1. The highest BCUT2D eigenvalue weighted by atomic mass is 16.5. The summed E-state index contributed by atoms with van der Waals surface area (Å²) in [5, 5.41) is 1.06. The topological polar surface area (TPSA) is 45.7 Å². The van der Waals surface area contributed by atoms with Crippen LogP contribution in [0.5, 0.6) is 5.75 Å². The van der Waals surface area contributed by atoms with Gasteiger partial charge in [-0.25, -0.2) is 4.98 Å². The second-order valence-corrected chi connectivity index (χ2v) is 5.36. The molecule has 0 N–H and O–H groups in total. The molecule has 0 aliphatic carbocycles. The van der Waals surface area contributed by atoms with Crippen molar-refractivity contribution in [2.24, 2.45) is 0 Å². The zero-order chi connectivity index (χ0) is 14.8. The molecule has 0 saturated carbocycles. The fraction of sp³-hybridized carbons (Fsp3) is 0.375. The summed E-state index contributed by atoms with van der Waals surface area (Å²) in [5.41, 5.74) is 1.84. The maximum absolute atomic E-state index is 11.8. The number of para-hydroxylation sites is 1. The van der Waals surface area contributed by atoms with Gasteiger partial charge in [-0.2, -0.15) is 0 Å². The SMILES string of the molecule is COc1cccc2ccc(CN3CCN(C)C(=O)C3)nc12.